The summed E-state index contributed by atoms with van der Waals surface area (Å²) in [5.41, 5.74) is 8.05. The van der Waals surface area contributed by atoms with E-state index >= 15 is 0 Å². The van der Waals surface area contributed by atoms with Crippen LogP contribution in [0.5, 0.6) is 0 Å². The smallest absolute Gasteiger partial charge is 0.128 e. The van der Waals surface area contributed by atoms with Gasteiger partial charge in [-0.05, 0) is 45.1 Å². The molecule has 0 radical (unpaired) electrons. The molecule has 1 aliphatic rings. The minimum atomic E-state index is -0.227. The van der Waals surface area contributed by atoms with E-state index in [9.17, 15) is 4.39 Å². The highest BCUT2D eigenvalue weighted by Crippen LogP contribution is 2.30. The van der Waals surface area contributed by atoms with Crippen LogP contribution >= 0.6 is 0 Å². The van der Waals surface area contributed by atoms with Gasteiger partial charge in [0.25, 0.3) is 0 Å². The number of nitrogens with zero attached hydrogens (tertiary/aromatic N) is 2. The van der Waals surface area contributed by atoms with Crippen molar-refractivity contribution in [3.05, 3.63) is 23.5 Å². The van der Waals surface area contributed by atoms with Gasteiger partial charge in [-0.15, -0.1) is 0 Å². The van der Waals surface area contributed by atoms with E-state index in [1.54, 1.807) is 6.92 Å². The summed E-state index contributed by atoms with van der Waals surface area (Å²) in [5, 5.41) is 0. The zero-order valence-electron chi connectivity index (χ0n) is 10.7. The van der Waals surface area contributed by atoms with E-state index < -0.39 is 0 Å². The summed E-state index contributed by atoms with van der Waals surface area (Å²) in [5.74, 6) is -0.227. The zero-order chi connectivity index (χ0) is 12.6. The molecule has 0 amide bonds. The molecule has 1 unspecified atom stereocenters. The van der Waals surface area contributed by atoms with E-state index in [1.807, 2.05) is 6.07 Å². The van der Waals surface area contributed by atoms with Gasteiger partial charge in [0.05, 0.1) is 11.4 Å². The highest BCUT2D eigenvalue weighted by Gasteiger charge is 2.25. The van der Waals surface area contributed by atoms with Gasteiger partial charge in [-0.25, -0.2) is 4.39 Å². The van der Waals surface area contributed by atoms with E-state index in [-0.39, 0.29) is 5.82 Å². The quantitative estimate of drug-likeness (QED) is 0.797. The Hall–Kier alpha value is -1.29. The minimum Gasteiger partial charge on any atom is -0.397 e. The molecule has 1 saturated heterocycles. The van der Waals surface area contributed by atoms with Gasteiger partial charge < -0.3 is 15.5 Å². The zero-order valence-corrected chi connectivity index (χ0v) is 10.7. The van der Waals surface area contributed by atoms with E-state index in [2.05, 4.69) is 23.9 Å². The molecule has 1 atom stereocenters. The average molecular weight is 237 g/mol. The SMILES string of the molecule is Cc1cc(N2CCC(N(C)C)C2)c(N)cc1F. The van der Waals surface area contributed by atoms with Crippen molar-refractivity contribution in [3.63, 3.8) is 0 Å². The molecule has 1 aliphatic heterocycles. The Morgan fingerprint density at radius 3 is 2.71 bits per heavy atom. The lowest BCUT2D eigenvalue weighted by Gasteiger charge is -2.23. The summed E-state index contributed by atoms with van der Waals surface area (Å²) in [7, 11) is 4.18. The molecule has 3 nitrogen and oxygen atoms in total. The Morgan fingerprint density at radius 1 is 1.41 bits per heavy atom. The van der Waals surface area contributed by atoms with Crippen molar-refractivity contribution in [2.24, 2.45) is 0 Å². The van der Waals surface area contributed by atoms with Crippen LogP contribution in [-0.2, 0) is 0 Å². The summed E-state index contributed by atoms with van der Waals surface area (Å²) in [4.78, 5) is 4.47. The van der Waals surface area contributed by atoms with Crippen molar-refractivity contribution in [1.82, 2.24) is 4.90 Å². The molecule has 0 aromatic heterocycles. The van der Waals surface area contributed by atoms with Crippen molar-refractivity contribution < 1.29 is 4.39 Å². The van der Waals surface area contributed by atoms with E-state index in [4.69, 9.17) is 5.73 Å². The number of anilines is 2. The second-order valence-corrected chi connectivity index (χ2v) is 5.01. The van der Waals surface area contributed by atoms with Crippen molar-refractivity contribution in [2.45, 2.75) is 19.4 Å². The van der Waals surface area contributed by atoms with Crippen molar-refractivity contribution in [3.8, 4) is 0 Å². The third-order valence-corrected chi connectivity index (χ3v) is 3.54. The molecule has 0 saturated carbocycles. The Bertz CT molecular complexity index is 417. The topological polar surface area (TPSA) is 32.5 Å². The van der Waals surface area contributed by atoms with Crippen molar-refractivity contribution >= 4 is 11.4 Å². The Morgan fingerprint density at radius 2 is 2.12 bits per heavy atom. The van der Waals surface area contributed by atoms with Crippen molar-refractivity contribution in [1.29, 1.82) is 0 Å². The predicted octanol–water partition coefficient (Wildman–Crippen LogP) is 1.86. The Kier molecular flexibility index (Phi) is 3.24. The second kappa shape index (κ2) is 4.53. The summed E-state index contributed by atoms with van der Waals surface area (Å²) in [6.07, 6.45) is 1.13. The molecule has 0 bridgehead atoms. The lowest BCUT2D eigenvalue weighted by atomic mass is 10.1. The largest absolute Gasteiger partial charge is 0.397 e. The van der Waals surface area contributed by atoms with Crippen molar-refractivity contribution in [2.75, 3.05) is 37.8 Å². The van der Waals surface area contributed by atoms with Gasteiger partial charge in [-0.2, -0.15) is 0 Å². The van der Waals surface area contributed by atoms with Gasteiger partial charge in [0.15, 0.2) is 0 Å². The molecule has 2 rings (SSSR count). The Labute approximate surface area is 102 Å². The average Bonchev–Trinajstić information content (AvgIpc) is 2.72. The molecule has 0 spiro atoms. The summed E-state index contributed by atoms with van der Waals surface area (Å²) in [6, 6.07) is 3.83. The van der Waals surface area contributed by atoms with Gasteiger partial charge in [-0.3, -0.25) is 0 Å². The van der Waals surface area contributed by atoms with Gasteiger partial charge >= 0.3 is 0 Å². The molecular weight excluding hydrogens is 217 g/mol. The normalized spacial score (nSPS) is 20.3. The third kappa shape index (κ3) is 2.36. The number of nitrogen functional groups attached to an aromatic ring is 1. The number of benzene rings is 1. The molecule has 1 fully saturated rings. The van der Waals surface area contributed by atoms with Crippen LogP contribution < -0.4 is 10.6 Å². The molecule has 17 heavy (non-hydrogen) atoms. The number of rotatable bonds is 2. The second-order valence-electron chi connectivity index (χ2n) is 5.01. The maximum absolute atomic E-state index is 13.3. The highest BCUT2D eigenvalue weighted by atomic mass is 19.1. The molecule has 1 aromatic rings. The summed E-state index contributed by atoms with van der Waals surface area (Å²) < 4.78 is 13.3. The van der Waals surface area contributed by atoms with Crippen LogP contribution in [0.2, 0.25) is 0 Å². The standard InChI is InChI=1S/C13H20FN3/c1-9-6-13(12(15)7-11(9)14)17-5-4-10(8-17)16(2)3/h6-7,10H,4-5,8,15H2,1-3H3. The fourth-order valence-corrected chi connectivity index (χ4v) is 2.34. The van der Waals surface area contributed by atoms with Crippen LogP contribution in [0.1, 0.15) is 12.0 Å². The molecule has 1 aromatic carbocycles. The van der Waals surface area contributed by atoms with Gasteiger partial charge in [0.1, 0.15) is 5.82 Å². The Balaban J connectivity index is 2.22. The van der Waals surface area contributed by atoms with Gasteiger partial charge in [-0.1, -0.05) is 0 Å². The maximum atomic E-state index is 13.3. The number of halogens is 1. The number of aryl methyl sites for hydroxylation is 1. The van der Waals surface area contributed by atoms with Crippen LogP contribution in [0.4, 0.5) is 15.8 Å². The van der Waals surface area contributed by atoms with Crippen LogP contribution in [0, 0.1) is 12.7 Å². The molecule has 0 aliphatic carbocycles. The minimum absolute atomic E-state index is 0.227. The van der Waals surface area contributed by atoms with E-state index in [0.717, 1.165) is 25.2 Å². The first-order valence-electron chi connectivity index (χ1n) is 5.96. The molecule has 1 heterocycles. The summed E-state index contributed by atoms with van der Waals surface area (Å²) in [6.45, 7) is 3.72. The van der Waals surface area contributed by atoms with Crippen LogP contribution in [0.15, 0.2) is 12.1 Å². The van der Waals surface area contributed by atoms with Gasteiger partial charge in [0.2, 0.25) is 0 Å². The third-order valence-electron chi connectivity index (χ3n) is 3.54. The lowest BCUT2D eigenvalue weighted by molar-refractivity contribution is 0.315. The van der Waals surface area contributed by atoms with Crippen LogP contribution in [0.3, 0.4) is 0 Å². The first-order chi connectivity index (χ1) is 7.99. The fraction of sp³-hybridized carbons (Fsp3) is 0.538. The number of nitrogens with two attached hydrogens (primary N) is 1. The highest BCUT2D eigenvalue weighted by molar-refractivity contribution is 5.69. The molecule has 2 N–H and O–H groups in total. The van der Waals surface area contributed by atoms with Crippen LogP contribution in [-0.4, -0.2) is 38.1 Å². The lowest BCUT2D eigenvalue weighted by Crippen LogP contribution is -2.31. The monoisotopic (exact) mass is 237 g/mol. The fourth-order valence-electron chi connectivity index (χ4n) is 2.34. The maximum Gasteiger partial charge on any atom is 0.128 e. The van der Waals surface area contributed by atoms with Gasteiger partial charge in [0, 0.05) is 19.1 Å². The number of hydrogen-bond acceptors (Lipinski definition) is 3. The summed E-state index contributed by atoms with van der Waals surface area (Å²) >= 11 is 0. The molecular formula is C13H20FN3. The number of hydrogen-bond donors (Lipinski definition) is 1. The van der Waals surface area contributed by atoms with E-state index in [1.165, 1.54) is 6.07 Å². The predicted molar refractivity (Wildman–Crippen MR) is 69.9 cm³/mol. The first-order valence-corrected chi connectivity index (χ1v) is 5.96. The molecule has 4 heteroatoms. The molecule has 94 valence electrons. The van der Waals surface area contributed by atoms with Crippen LogP contribution in [0.25, 0.3) is 0 Å². The first kappa shape index (κ1) is 12.2. The van der Waals surface area contributed by atoms with E-state index in [0.29, 0.717) is 17.3 Å². The number of likely N-dealkylation sites (N-methyl/N-ethyl adjacent to an activating group) is 1.